The average molecular weight is 447 g/mol. The van der Waals surface area contributed by atoms with Crippen LogP contribution in [0.5, 0.6) is 11.5 Å². The molecule has 2 atom stereocenters. The highest BCUT2D eigenvalue weighted by Gasteiger charge is 2.32. The van der Waals surface area contributed by atoms with Crippen LogP contribution >= 0.6 is 0 Å². The summed E-state index contributed by atoms with van der Waals surface area (Å²) in [6.45, 7) is 4.75. The summed E-state index contributed by atoms with van der Waals surface area (Å²) >= 11 is 0. The summed E-state index contributed by atoms with van der Waals surface area (Å²) in [4.78, 5) is 25.7. The van der Waals surface area contributed by atoms with Crippen molar-refractivity contribution in [2.75, 3.05) is 51.0 Å². The van der Waals surface area contributed by atoms with E-state index in [1.165, 1.54) is 14.2 Å². The lowest BCUT2D eigenvalue weighted by Crippen LogP contribution is -2.55. The molecule has 4 rings (SSSR count). The third kappa shape index (κ3) is 4.11. The number of fused-ring (bicyclic) bond motifs is 1. The molecule has 0 spiro atoms. The summed E-state index contributed by atoms with van der Waals surface area (Å²) in [6, 6.07) is 1.88. The molecule has 2 fully saturated rings. The quantitative estimate of drug-likeness (QED) is 0.694. The predicted octanol–water partition coefficient (Wildman–Crippen LogP) is 1.94. The first kappa shape index (κ1) is 22.3. The molecule has 3 N–H and O–H groups in total. The molecule has 174 valence electrons. The number of anilines is 2. The molecule has 2 aromatic rings. The highest BCUT2D eigenvalue weighted by molar-refractivity contribution is 5.92. The van der Waals surface area contributed by atoms with Crippen LogP contribution in [0.2, 0.25) is 0 Å². The van der Waals surface area contributed by atoms with Crippen molar-refractivity contribution in [3.63, 3.8) is 0 Å². The molecule has 1 amide bonds. The van der Waals surface area contributed by atoms with E-state index in [0.717, 1.165) is 25.8 Å². The van der Waals surface area contributed by atoms with Crippen LogP contribution in [0.15, 0.2) is 6.07 Å². The first-order valence-electron chi connectivity index (χ1n) is 11.1. The summed E-state index contributed by atoms with van der Waals surface area (Å²) in [5.41, 5.74) is 6.28. The zero-order chi connectivity index (χ0) is 22.8. The Hall–Kier alpha value is -2.88. The molecular formula is C22H31FN6O3. The van der Waals surface area contributed by atoms with Gasteiger partial charge >= 0.3 is 0 Å². The van der Waals surface area contributed by atoms with Crippen molar-refractivity contribution in [1.82, 2.24) is 20.2 Å². The normalized spacial score (nSPS) is 21.2. The van der Waals surface area contributed by atoms with Crippen LogP contribution in [-0.4, -0.2) is 73.3 Å². The molecule has 32 heavy (non-hydrogen) atoms. The minimum Gasteiger partial charge on any atom is -0.493 e. The fourth-order valence-corrected chi connectivity index (χ4v) is 4.63. The van der Waals surface area contributed by atoms with Gasteiger partial charge in [-0.05, 0) is 31.9 Å². The van der Waals surface area contributed by atoms with E-state index in [-0.39, 0.29) is 40.8 Å². The lowest BCUT2D eigenvalue weighted by atomic mass is 10.1. The van der Waals surface area contributed by atoms with Gasteiger partial charge in [0.05, 0.1) is 14.2 Å². The number of nitrogens with two attached hydrogens (primary N) is 1. The zero-order valence-corrected chi connectivity index (χ0v) is 18.9. The Bertz CT molecular complexity index is 998. The third-order valence-corrected chi connectivity index (χ3v) is 6.44. The van der Waals surface area contributed by atoms with Crippen molar-refractivity contribution in [2.45, 2.75) is 44.7 Å². The van der Waals surface area contributed by atoms with Gasteiger partial charge in [0.15, 0.2) is 17.3 Å². The number of aromatic nitrogens is 2. The van der Waals surface area contributed by atoms with E-state index in [0.29, 0.717) is 37.4 Å². The van der Waals surface area contributed by atoms with E-state index < -0.39 is 5.82 Å². The number of methoxy groups -OCH3 is 2. The number of piperazine rings is 1. The number of amides is 1. The van der Waals surface area contributed by atoms with E-state index in [9.17, 15) is 4.79 Å². The molecule has 0 bridgehead atoms. The number of nitrogen functional groups attached to an aromatic ring is 1. The number of rotatable bonds is 6. The van der Waals surface area contributed by atoms with Crippen molar-refractivity contribution >= 4 is 28.6 Å². The summed E-state index contributed by atoms with van der Waals surface area (Å²) in [5.74, 6) is 0.276. The molecule has 0 aliphatic carbocycles. The smallest absolute Gasteiger partial charge is 0.228 e. The standard InChI is InChI=1S/C22H31FN6O3/c1-4-14-12-28(17(30)10-13-6-5-7-25-13)8-9-29(14)22-26-19-15(21(24)27-22)11-16(31-2)20(32-3)18(19)23/h11,13-14,25H,4-10,12H2,1-3H3,(H2,24,26,27)/t13-,14-/m0/s1. The zero-order valence-electron chi connectivity index (χ0n) is 18.9. The maximum absolute atomic E-state index is 15.2. The molecular weight excluding hydrogens is 415 g/mol. The molecule has 0 unspecified atom stereocenters. The highest BCUT2D eigenvalue weighted by Crippen LogP contribution is 2.38. The van der Waals surface area contributed by atoms with Crippen LogP contribution < -0.4 is 25.4 Å². The Morgan fingerprint density at radius 3 is 2.78 bits per heavy atom. The molecule has 0 radical (unpaired) electrons. The van der Waals surface area contributed by atoms with Gasteiger partial charge in [0, 0.05) is 43.5 Å². The molecule has 2 aliphatic heterocycles. The van der Waals surface area contributed by atoms with Gasteiger partial charge in [-0.1, -0.05) is 6.92 Å². The van der Waals surface area contributed by atoms with Crippen molar-refractivity contribution in [3.8, 4) is 11.5 Å². The number of hydrogen-bond donors (Lipinski definition) is 2. The number of hydrogen-bond acceptors (Lipinski definition) is 8. The summed E-state index contributed by atoms with van der Waals surface area (Å²) in [7, 11) is 2.81. The molecule has 0 saturated carbocycles. The van der Waals surface area contributed by atoms with Gasteiger partial charge in [0.1, 0.15) is 11.3 Å². The van der Waals surface area contributed by atoms with Gasteiger partial charge in [-0.2, -0.15) is 4.98 Å². The van der Waals surface area contributed by atoms with E-state index >= 15 is 4.39 Å². The second-order valence-electron chi connectivity index (χ2n) is 8.32. The molecule has 9 nitrogen and oxygen atoms in total. The van der Waals surface area contributed by atoms with Crippen LogP contribution in [0.1, 0.15) is 32.6 Å². The van der Waals surface area contributed by atoms with Crippen molar-refractivity contribution in [3.05, 3.63) is 11.9 Å². The van der Waals surface area contributed by atoms with Crippen LogP contribution in [-0.2, 0) is 4.79 Å². The fraction of sp³-hybridized carbons (Fsp3) is 0.591. The van der Waals surface area contributed by atoms with E-state index in [1.54, 1.807) is 6.07 Å². The summed E-state index contributed by atoms with van der Waals surface area (Å²) in [6.07, 6.45) is 3.49. The molecule has 1 aromatic carbocycles. The molecule has 3 heterocycles. The molecule has 2 saturated heterocycles. The topological polar surface area (TPSA) is 106 Å². The van der Waals surface area contributed by atoms with Crippen LogP contribution in [0.25, 0.3) is 10.9 Å². The number of carbonyl (C=O) groups is 1. The Morgan fingerprint density at radius 1 is 1.31 bits per heavy atom. The Morgan fingerprint density at radius 2 is 2.12 bits per heavy atom. The van der Waals surface area contributed by atoms with Crippen LogP contribution in [0.4, 0.5) is 16.2 Å². The lowest BCUT2D eigenvalue weighted by Gasteiger charge is -2.41. The maximum Gasteiger partial charge on any atom is 0.228 e. The Balaban J connectivity index is 1.59. The summed E-state index contributed by atoms with van der Waals surface area (Å²) < 4.78 is 25.5. The fourth-order valence-electron chi connectivity index (χ4n) is 4.63. The van der Waals surface area contributed by atoms with Gasteiger partial charge in [-0.15, -0.1) is 0 Å². The third-order valence-electron chi connectivity index (χ3n) is 6.44. The summed E-state index contributed by atoms with van der Waals surface area (Å²) in [5, 5.41) is 3.76. The monoisotopic (exact) mass is 446 g/mol. The average Bonchev–Trinajstić information content (AvgIpc) is 3.31. The number of nitrogens with one attached hydrogen (secondary N) is 1. The second-order valence-corrected chi connectivity index (χ2v) is 8.32. The maximum atomic E-state index is 15.2. The Labute approximate surface area is 187 Å². The molecule has 2 aliphatic rings. The number of benzene rings is 1. The SMILES string of the molecule is CC[C@H]1CN(C(=O)C[C@@H]2CCCN2)CCN1c1nc(N)c2cc(OC)c(OC)c(F)c2n1. The van der Waals surface area contributed by atoms with E-state index in [1.807, 2.05) is 9.80 Å². The number of ether oxygens (including phenoxy) is 2. The second kappa shape index (κ2) is 9.32. The minimum absolute atomic E-state index is 0.0179. The van der Waals surface area contributed by atoms with E-state index in [4.69, 9.17) is 15.2 Å². The van der Waals surface area contributed by atoms with Gasteiger partial charge in [-0.3, -0.25) is 4.79 Å². The van der Waals surface area contributed by atoms with Crippen molar-refractivity contribution < 1.29 is 18.7 Å². The highest BCUT2D eigenvalue weighted by atomic mass is 19.1. The van der Waals surface area contributed by atoms with Crippen LogP contribution in [0, 0.1) is 5.82 Å². The van der Waals surface area contributed by atoms with Crippen molar-refractivity contribution in [2.24, 2.45) is 0 Å². The minimum atomic E-state index is -0.636. The largest absolute Gasteiger partial charge is 0.493 e. The van der Waals surface area contributed by atoms with Crippen LogP contribution in [0.3, 0.4) is 0 Å². The first-order chi connectivity index (χ1) is 15.5. The van der Waals surface area contributed by atoms with Gasteiger partial charge in [0.25, 0.3) is 0 Å². The first-order valence-corrected chi connectivity index (χ1v) is 11.1. The predicted molar refractivity (Wildman–Crippen MR) is 121 cm³/mol. The molecule has 10 heteroatoms. The van der Waals surface area contributed by atoms with Crippen molar-refractivity contribution in [1.29, 1.82) is 0 Å². The van der Waals surface area contributed by atoms with Gasteiger partial charge in [-0.25, -0.2) is 9.37 Å². The van der Waals surface area contributed by atoms with E-state index in [2.05, 4.69) is 22.2 Å². The number of carbonyl (C=O) groups excluding carboxylic acids is 1. The number of nitrogens with zero attached hydrogens (tertiary/aromatic N) is 4. The number of halogens is 1. The Kier molecular flexibility index (Phi) is 6.50. The molecule has 1 aromatic heterocycles. The van der Waals surface area contributed by atoms with Gasteiger partial charge < -0.3 is 30.3 Å². The van der Waals surface area contributed by atoms with Gasteiger partial charge in [0.2, 0.25) is 11.9 Å². The lowest BCUT2D eigenvalue weighted by molar-refractivity contribution is -0.132.